The molecule has 0 spiro atoms. The zero-order chi connectivity index (χ0) is 5.98. The van der Waals surface area contributed by atoms with Crippen molar-refractivity contribution in [1.82, 2.24) is 0 Å². The van der Waals surface area contributed by atoms with Crippen LogP contribution in [0.4, 0.5) is 0 Å². The van der Waals surface area contributed by atoms with E-state index in [1.54, 1.807) is 0 Å². The second kappa shape index (κ2) is 6.71. The minimum Gasteiger partial charge on any atom is -0.316 e. The first-order valence-corrected chi connectivity index (χ1v) is 2.66. The summed E-state index contributed by atoms with van der Waals surface area (Å²) in [5, 5.41) is 0. The molecule has 0 nitrogen and oxygen atoms in total. The van der Waals surface area contributed by atoms with E-state index >= 15 is 0 Å². The van der Waals surface area contributed by atoms with E-state index in [0.717, 1.165) is 0 Å². The van der Waals surface area contributed by atoms with Gasteiger partial charge < -0.3 is 12.1 Å². The van der Waals surface area contributed by atoms with Crippen molar-refractivity contribution < 1.29 is 53.8 Å². The monoisotopic (exact) mass is 377 g/mol. The molecule has 0 fully saturated rings. The van der Waals surface area contributed by atoms with Crippen molar-refractivity contribution in [3.05, 3.63) is 35.4 Å². The standard InChI is InChI=1S/C8H8.W.Y/c1-7-5-3-4-6-8(7)2;;/h3-4H,1-2H3;;/q-2;;. The fourth-order valence-electron chi connectivity index (χ4n) is 0.550. The van der Waals surface area contributed by atoms with E-state index in [2.05, 4.69) is 12.1 Å². The van der Waals surface area contributed by atoms with E-state index in [9.17, 15) is 0 Å². The Balaban J connectivity index is 0. The van der Waals surface area contributed by atoms with Crippen LogP contribution in [0.5, 0.6) is 0 Å². The van der Waals surface area contributed by atoms with Gasteiger partial charge in [0.2, 0.25) is 0 Å². The average molecular weight is 377 g/mol. The van der Waals surface area contributed by atoms with E-state index in [-0.39, 0.29) is 53.8 Å². The third kappa shape index (κ3) is 4.01. The summed E-state index contributed by atoms with van der Waals surface area (Å²) in [6, 6.07) is 9.89. The molecule has 2 heteroatoms. The first kappa shape index (κ1) is 13.6. The molecule has 51 valence electrons. The van der Waals surface area contributed by atoms with Crippen molar-refractivity contribution >= 4 is 0 Å². The topological polar surface area (TPSA) is 0 Å². The van der Waals surface area contributed by atoms with Gasteiger partial charge in [0.25, 0.3) is 0 Å². The molecule has 0 saturated heterocycles. The molecule has 1 aromatic rings. The number of aryl methyl sites for hydroxylation is 2. The first-order chi connectivity index (χ1) is 3.80. The fourth-order valence-corrected chi connectivity index (χ4v) is 0.550. The molecule has 1 aromatic carbocycles. The molecule has 0 heterocycles. The Morgan fingerprint density at radius 1 is 1.00 bits per heavy atom. The Labute approximate surface area is 102 Å². The number of hydrogen-bond donors (Lipinski definition) is 0. The zero-order valence-corrected chi connectivity index (χ0v) is 11.9. The Morgan fingerprint density at radius 2 is 1.30 bits per heavy atom. The maximum absolute atomic E-state index is 3.07. The molecule has 0 bridgehead atoms. The van der Waals surface area contributed by atoms with E-state index in [0.29, 0.717) is 0 Å². The van der Waals surface area contributed by atoms with E-state index < -0.39 is 0 Å². The third-order valence-electron chi connectivity index (χ3n) is 1.25. The largest absolute Gasteiger partial charge is 0.316 e. The van der Waals surface area contributed by atoms with Crippen LogP contribution in [0.25, 0.3) is 0 Å². The normalized spacial score (nSPS) is 7.40. The first-order valence-electron chi connectivity index (χ1n) is 2.66. The molecule has 1 radical (unpaired) electrons. The Kier molecular flexibility index (Phi) is 9.11. The summed E-state index contributed by atoms with van der Waals surface area (Å²) in [4.78, 5) is 0. The van der Waals surface area contributed by atoms with Crippen LogP contribution < -0.4 is 0 Å². The fraction of sp³-hybridized carbons (Fsp3) is 0.250. The van der Waals surface area contributed by atoms with Crippen LogP contribution in [0.1, 0.15) is 11.1 Å². The van der Waals surface area contributed by atoms with Gasteiger partial charge in [-0.3, -0.25) is 23.3 Å². The van der Waals surface area contributed by atoms with Crippen LogP contribution in [0.3, 0.4) is 0 Å². The van der Waals surface area contributed by atoms with Crippen LogP contribution in [0.2, 0.25) is 0 Å². The maximum atomic E-state index is 3.07. The van der Waals surface area contributed by atoms with Gasteiger partial charge in [0.05, 0.1) is 0 Å². The molecule has 0 aromatic heterocycles. The van der Waals surface area contributed by atoms with Gasteiger partial charge in [-0.15, -0.1) is 13.8 Å². The van der Waals surface area contributed by atoms with Crippen molar-refractivity contribution in [2.45, 2.75) is 13.8 Å². The average Bonchev–Trinajstić information content (AvgIpc) is 1.77. The molecule has 0 atom stereocenters. The quantitative estimate of drug-likeness (QED) is 0.607. The molecule has 10 heavy (non-hydrogen) atoms. The molecule has 0 amide bonds. The van der Waals surface area contributed by atoms with Crippen LogP contribution >= 0.6 is 0 Å². The molecule has 0 aliphatic heterocycles. The number of rotatable bonds is 0. The van der Waals surface area contributed by atoms with Crippen LogP contribution in [-0.2, 0) is 53.8 Å². The maximum Gasteiger partial charge on any atom is 0 e. The number of hydrogen-bond acceptors (Lipinski definition) is 0. The molecule has 0 unspecified atom stereocenters. The van der Waals surface area contributed by atoms with Crippen LogP contribution in [-0.4, -0.2) is 0 Å². The summed E-state index contributed by atoms with van der Waals surface area (Å²) in [6.07, 6.45) is 0. The summed E-state index contributed by atoms with van der Waals surface area (Å²) in [6.45, 7) is 4.07. The second-order valence-electron chi connectivity index (χ2n) is 1.87. The van der Waals surface area contributed by atoms with E-state index in [1.807, 2.05) is 26.0 Å². The van der Waals surface area contributed by atoms with Crippen molar-refractivity contribution in [1.29, 1.82) is 0 Å². The van der Waals surface area contributed by atoms with E-state index in [4.69, 9.17) is 0 Å². The summed E-state index contributed by atoms with van der Waals surface area (Å²) < 4.78 is 0. The Morgan fingerprint density at radius 3 is 1.50 bits per heavy atom. The Hall–Kier alpha value is 1.01. The minimum absolute atomic E-state index is 0. The summed E-state index contributed by atoms with van der Waals surface area (Å²) >= 11 is 0. The number of benzene rings is 1. The van der Waals surface area contributed by atoms with Crippen molar-refractivity contribution in [2.75, 3.05) is 0 Å². The van der Waals surface area contributed by atoms with Gasteiger partial charge in [-0.25, -0.2) is 0 Å². The van der Waals surface area contributed by atoms with Crippen molar-refractivity contribution in [3.8, 4) is 0 Å². The SMILES string of the molecule is Cc1[c-]cc[c-]c1C.[W].[Y]. The summed E-state index contributed by atoms with van der Waals surface area (Å²) in [5.74, 6) is 0. The Bertz CT molecular complexity index is 165. The smallest absolute Gasteiger partial charge is 0 e. The van der Waals surface area contributed by atoms with Crippen molar-refractivity contribution in [2.24, 2.45) is 0 Å². The van der Waals surface area contributed by atoms with Gasteiger partial charge in [0, 0.05) is 53.8 Å². The van der Waals surface area contributed by atoms with Gasteiger partial charge in [-0.1, -0.05) is 0 Å². The van der Waals surface area contributed by atoms with Gasteiger partial charge in [-0.05, 0) is 0 Å². The molecular formula is C8H8WY-2. The van der Waals surface area contributed by atoms with E-state index in [1.165, 1.54) is 11.1 Å². The van der Waals surface area contributed by atoms with Crippen LogP contribution in [0, 0.1) is 26.0 Å². The van der Waals surface area contributed by atoms with Gasteiger partial charge in [0.1, 0.15) is 0 Å². The molecular weight excluding hydrogens is 369 g/mol. The second-order valence-corrected chi connectivity index (χ2v) is 1.87. The predicted molar refractivity (Wildman–Crippen MR) is 33.6 cm³/mol. The third-order valence-corrected chi connectivity index (χ3v) is 1.25. The summed E-state index contributed by atoms with van der Waals surface area (Å²) in [5.41, 5.74) is 2.38. The molecule has 0 aliphatic carbocycles. The summed E-state index contributed by atoms with van der Waals surface area (Å²) in [7, 11) is 0. The van der Waals surface area contributed by atoms with Crippen molar-refractivity contribution in [3.63, 3.8) is 0 Å². The van der Waals surface area contributed by atoms with Gasteiger partial charge in [0.15, 0.2) is 0 Å². The molecule has 0 N–H and O–H groups in total. The van der Waals surface area contributed by atoms with Crippen LogP contribution in [0.15, 0.2) is 12.1 Å². The predicted octanol–water partition coefficient (Wildman–Crippen LogP) is 1.90. The van der Waals surface area contributed by atoms with Gasteiger partial charge in [-0.2, -0.15) is 0 Å². The molecule has 0 saturated carbocycles. The minimum atomic E-state index is 0. The molecule has 1 rings (SSSR count). The zero-order valence-electron chi connectivity index (χ0n) is 6.14. The van der Waals surface area contributed by atoms with Gasteiger partial charge >= 0.3 is 0 Å². The molecule has 0 aliphatic rings.